The molecule has 0 aliphatic carbocycles. The highest BCUT2D eigenvalue weighted by Crippen LogP contribution is 2.24. The van der Waals surface area contributed by atoms with Crippen LogP contribution in [0.5, 0.6) is 0 Å². The maximum atomic E-state index is 12.8. The number of hydrogen-bond acceptors (Lipinski definition) is 6. The van der Waals surface area contributed by atoms with Crippen LogP contribution in [0.1, 0.15) is 16.4 Å². The van der Waals surface area contributed by atoms with Crippen molar-refractivity contribution in [2.75, 3.05) is 38.0 Å². The minimum Gasteiger partial charge on any atom is -0.322 e. The normalized spacial score (nSPS) is 15.2. The van der Waals surface area contributed by atoms with Crippen LogP contribution < -0.4 is 5.32 Å². The Kier molecular flexibility index (Phi) is 6.22. The molecule has 7 nitrogen and oxygen atoms in total. The topological polar surface area (TPSA) is 66.3 Å². The Morgan fingerprint density at radius 3 is 2.42 bits per heavy atom. The lowest BCUT2D eigenvalue weighted by molar-refractivity contribution is -0.117. The molecule has 1 N–H and O–H groups in total. The molecule has 1 fully saturated rings. The molecule has 8 heteroatoms. The number of fused-ring (bicyclic) bond motifs is 1. The van der Waals surface area contributed by atoms with Gasteiger partial charge in [0.15, 0.2) is 0 Å². The van der Waals surface area contributed by atoms with Crippen molar-refractivity contribution in [3.8, 4) is 5.69 Å². The number of para-hydroxylation sites is 2. The van der Waals surface area contributed by atoms with Crippen LogP contribution in [-0.4, -0.2) is 63.2 Å². The van der Waals surface area contributed by atoms with Gasteiger partial charge in [0.25, 0.3) is 0 Å². The molecule has 0 unspecified atom stereocenters. The van der Waals surface area contributed by atoms with Crippen LogP contribution in [0.15, 0.2) is 54.6 Å². The van der Waals surface area contributed by atoms with Gasteiger partial charge in [-0.25, -0.2) is 9.67 Å². The third kappa shape index (κ3) is 4.83. The molecular weight excluding hydrogens is 432 g/mol. The molecule has 0 radical (unpaired) electrons. The second kappa shape index (κ2) is 9.43. The van der Waals surface area contributed by atoms with Crippen molar-refractivity contribution in [1.82, 2.24) is 24.6 Å². The van der Waals surface area contributed by atoms with E-state index in [9.17, 15) is 4.79 Å². The first-order valence-electron chi connectivity index (χ1n) is 11.3. The van der Waals surface area contributed by atoms with Crippen molar-refractivity contribution in [2.45, 2.75) is 20.4 Å². The molecule has 0 saturated carbocycles. The monoisotopic (exact) mass is 460 g/mol. The van der Waals surface area contributed by atoms with E-state index >= 15 is 0 Å². The largest absolute Gasteiger partial charge is 0.322 e. The molecule has 1 aliphatic rings. The van der Waals surface area contributed by atoms with Gasteiger partial charge in [-0.2, -0.15) is 5.10 Å². The lowest BCUT2D eigenvalue weighted by atomic mass is 10.2. The molecule has 0 atom stereocenters. The van der Waals surface area contributed by atoms with E-state index in [1.54, 1.807) is 11.3 Å². The van der Waals surface area contributed by atoms with Gasteiger partial charge >= 0.3 is 0 Å². The Bertz CT molecular complexity index is 1220. The number of hydrogen-bond donors (Lipinski definition) is 1. The molecule has 1 saturated heterocycles. The van der Waals surface area contributed by atoms with Gasteiger partial charge in [-0.15, -0.1) is 11.3 Å². The van der Waals surface area contributed by atoms with Gasteiger partial charge < -0.3 is 5.32 Å². The minimum absolute atomic E-state index is 0.00781. The van der Waals surface area contributed by atoms with Gasteiger partial charge in [-0.05, 0) is 38.1 Å². The third-order valence-corrected chi connectivity index (χ3v) is 7.11. The number of thiazole rings is 1. The van der Waals surface area contributed by atoms with E-state index in [0.717, 1.165) is 66.0 Å². The van der Waals surface area contributed by atoms with E-state index in [2.05, 4.69) is 38.4 Å². The molecular formula is C25H28N6OS. The number of aryl methyl sites for hydroxylation is 1. The molecule has 1 aliphatic heterocycles. The second-order valence-electron chi connectivity index (χ2n) is 8.47. The van der Waals surface area contributed by atoms with Gasteiger partial charge in [0.2, 0.25) is 5.91 Å². The minimum atomic E-state index is 0.00781. The van der Waals surface area contributed by atoms with Crippen molar-refractivity contribution >= 4 is 33.1 Å². The molecule has 2 aromatic carbocycles. The molecule has 2 aromatic heterocycles. The molecule has 4 aromatic rings. The van der Waals surface area contributed by atoms with Crippen molar-refractivity contribution < 1.29 is 4.79 Å². The summed E-state index contributed by atoms with van der Waals surface area (Å²) in [6.07, 6.45) is 0. The predicted octanol–water partition coefficient (Wildman–Crippen LogP) is 3.86. The summed E-state index contributed by atoms with van der Waals surface area (Å²) < 4.78 is 3.12. The highest BCUT2D eigenvalue weighted by atomic mass is 32.1. The van der Waals surface area contributed by atoms with Crippen LogP contribution in [0.25, 0.3) is 15.9 Å². The Morgan fingerprint density at radius 2 is 1.67 bits per heavy atom. The molecule has 0 bridgehead atoms. The molecule has 0 spiro atoms. The second-order valence-corrected chi connectivity index (χ2v) is 9.58. The number of amides is 1. The highest BCUT2D eigenvalue weighted by molar-refractivity contribution is 7.18. The maximum Gasteiger partial charge on any atom is 0.238 e. The highest BCUT2D eigenvalue weighted by Gasteiger charge is 2.21. The summed E-state index contributed by atoms with van der Waals surface area (Å²) in [4.78, 5) is 22.2. The summed E-state index contributed by atoms with van der Waals surface area (Å²) in [6, 6.07) is 18.3. The lowest BCUT2D eigenvalue weighted by Gasteiger charge is -2.33. The molecule has 33 heavy (non-hydrogen) atoms. The number of rotatable bonds is 6. The van der Waals surface area contributed by atoms with Gasteiger partial charge in [-0.1, -0.05) is 30.3 Å². The van der Waals surface area contributed by atoms with Crippen molar-refractivity contribution in [3.05, 3.63) is 71.0 Å². The first kappa shape index (κ1) is 21.8. The van der Waals surface area contributed by atoms with Crippen LogP contribution >= 0.6 is 11.3 Å². The van der Waals surface area contributed by atoms with Gasteiger partial charge in [0.05, 0.1) is 46.1 Å². The number of nitrogens with one attached hydrogen (secondary N) is 1. The Morgan fingerprint density at radius 1 is 0.970 bits per heavy atom. The van der Waals surface area contributed by atoms with Crippen molar-refractivity contribution in [3.63, 3.8) is 0 Å². The average molecular weight is 461 g/mol. The van der Waals surface area contributed by atoms with Gasteiger partial charge in [-0.3, -0.25) is 14.6 Å². The fraction of sp³-hybridized carbons (Fsp3) is 0.320. The average Bonchev–Trinajstić information content (AvgIpc) is 3.36. The van der Waals surface area contributed by atoms with E-state index in [4.69, 9.17) is 4.98 Å². The predicted molar refractivity (Wildman–Crippen MR) is 133 cm³/mol. The van der Waals surface area contributed by atoms with E-state index in [0.29, 0.717) is 6.54 Å². The van der Waals surface area contributed by atoms with Gasteiger partial charge in [0.1, 0.15) is 5.01 Å². The Balaban J connectivity index is 1.15. The maximum absolute atomic E-state index is 12.8. The zero-order chi connectivity index (χ0) is 22.8. The SMILES string of the molecule is Cc1nn(-c2ccccc2)c(C)c1NC(=O)CN1CCN(Cc2nc3ccccc3s2)CC1. The summed E-state index contributed by atoms with van der Waals surface area (Å²) in [5.74, 6) is 0.00781. The van der Waals surface area contributed by atoms with E-state index in [1.807, 2.05) is 54.9 Å². The summed E-state index contributed by atoms with van der Waals surface area (Å²) in [6.45, 7) is 8.81. The van der Waals surface area contributed by atoms with E-state index in [-0.39, 0.29) is 5.91 Å². The number of carbonyl (C=O) groups is 1. The number of carbonyl (C=O) groups excluding carboxylic acids is 1. The standard InChI is InChI=1S/C25H28N6OS/c1-18-25(19(2)31(28-18)20-8-4-3-5-9-20)27-23(32)16-29-12-14-30(15-13-29)17-24-26-21-10-6-7-11-22(21)33-24/h3-11H,12-17H2,1-2H3,(H,27,32). The summed E-state index contributed by atoms with van der Waals surface area (Å²) in [5.41, 5.74) is 4.63. The quantitative estimate of drug-likeness (QED) is 0.473. The smallest absolute Gasteiger partial charge is 0.238 e. The fourth-order valence-corrected chi connectivity index (χ4v) is 5.32. The lowest BCUT2D eigenvalue weighted by Crippen LogP contribution is -2.48. The third-order valence-electron chi connectivity index (χ3n) is 6.09. The molecule has 170 valence electrons. The number of aromatic nitrogens is 3. The molecule has 3 heterocycles. The van der Waals surface area contributed by atoms with Crippen LogP contribution in [0.2, 0.25) is 0 Å². The zero-order valence-corrected chi connectivity index (χ0v) is 19.8. The van der Waals surface area contributed by atoms with Crippen LogP contribution in [0.3, 0.4) is 0 Å². The van der Waals surface area contributed by atoms with Crippen molar-refractivity contribution in [2.24, 2.45) is 0 Å². The first-order chi connectivity index (χ1) is 16.1. The first-order valence-corrected chi connectivity index (χ1v) is 12.1. The van der Waals surface area contributed by atoms with Gasteiger partial charge in [0, 0.05) is 26.2 Å². The Hall–Kier alpha value is -3.07. The molecule has 5 rings (SSSR count). The van der Waals surface area contributed by atoms with Crippen LogP contribution in [0, 0.1) is 13.8 Å². The van der Waals surface area contributed by atoms with E-state index in [1.165, 1.54) is 4.70 Å². The van der Waals surface area contributed by atoms with Crippen LogP contribution in [-0.2, 0) is 11.3 Å². The van der Waals surface area contributed by atoms with E-state index < -0.39 is 0 Å². The summed E-state index contributed by atoms with van der Waals surface area (Å²) >= 11 is 1.77. The Labute approximate surface area is 197 Å². The number of anilines is 1. The van der Waals surface area contributed by atoms with Crippen LogP contribution in [0.4, 0.5) is 5.69 Å². The molecule has 1 amide bonds. The summed E-state index contributed by atoms with van der Waals surface area (Å²) in [5, 5.41) is 8.87. The zero-order valence-electron chi connectivity index (χ0n) is 19.0. The number of nitrogens with zero attached hydrogens (tertiary/aromatic N) is 5. The number of piperazine rings is 1. The summed E-state index contributed by atoms with van der Waals surface area (Å²) in [7, 11) is 0. The van der Waals surface area contributed by atoms with Crippen molar-refractivity contribution in [1.29, 1.82) is 0 Å². The number of benzene rings is 2. The fourth-order valence-electron chi connectivity index (χ4n) is 4.31.